The second kappa shape index (κ2) is 6.23. The zero-order chi connectivity index (χ0) is 13.9. The predicted octanol–water partition coefficient (Wildman–Crippen LogP) is 1.35. The maximum atomic E-state index is 11.4. The number of nitrogens with two attached hydrogens (primary N) is 1. The molecule has 110 valence electrons. The van der Waals surface area contributed by atoms with Crippen molar-refractivity contribution in [1.29, 1.82) is 0 Å². The van der Waals surface area contributed by atoms with Gasteiger partial charge in [-0.25, -0.2) is 0 Å². The zero-order valence-electron chi connectivity index (χ0n) is 12.5. The molecule has 0 radical (unpaired) electrons. The van der Waals surface area contributed by atoms with Crippen LogP contribution in [-0.2, 0) is 4.79 Å². The number of likely N-dealkylation sites (N-methyl/N-ethyl adjacent to an activating group) is 1. The first-order valence-corrected chi connectivity index (χ1v) is 7.76. The Kier molecular flexibility index (Phi) is 4.85. The molecule has 2 fully saturated rings. The van der Waals surface area contributed by atoms with Crippen LogP contribution in [0.1, 0.15) is 45.4 Å². The SMILES string of the molecule is CNC(C)(CCCCN1CC2CCCC2C1)C(N)=O. The third-order valence-corrected chi connectivity index (χ3v) is 5.30. The Morgan fingerprint density at radius 2 is 1.95 bits per heavy atom. The van der Waals surface area contributed by atoms with Crippen molar-refractivity contribution in [3.05, 3.63) is 0 Å². The Bertz CT molecular complexity index is 309. The number of nitrogens with zero attached hydrogens (tertiary/aromatic N) is 1. The van der Waals surface area contributed by atoms with Gasteiger partial charge in [-0.3, -0.25) is 4.79 Å². The molecule has 1 saturated carbocycles. The number of hydrogen-bond donors (Lipinski definition) is 2. The normalized spacial score (nSPS) is 30.2. The first-order chi connectivity index (χ1) is 9.05. The molecule has 0 aromatic carbocycles. The lowest BCUT2D eigenvalue weighted by Gasteiger charge is -2.25. The summed E-state index contributed by atoms with van der Waals surface area (Å²) in [7, 11) is 1.81. The van der Waals surface area contributed by atoms with Crippen LogP contribution in [0.2, 0.25) is 0 Å². The van der Waals surface area contributed by atoms with Gasteiger partial charge in [-0.05, 0) is 64.5 Å². The number of unbranched alkanes of at least 4 members (excludes halogenated alkanes) is 1. The lowest BCUT2D eigenvalue weighted by Crippen LogP contribution is -2.51. The highest BCUT2D eigenvalue weighted by Gasteiger charge is 2.35. The molecule has 1 aliphatic heterocycles. The smallest absolute Gasteiger partial charge is 0.237 e. The van der Waals surface area contributed by atoms with Gasteiger partial charge >= 0.3 is 0 Å². The van der Waals surface area contributed by atoms with Gasteiger partial charge in [0.05, 0.1) is 5.54 Å². The summed E-state index contributed by atoms with van der Waals surface area (Å²) in [4.78, 5) is 14.0. The van der Waals surface area contributed by atoms with Gasteiger partial charge in [-0.2, -0.15) is 0 Å². The van der Waals surface area contributed by atoms with E-state index in [9.17, 15) is 4.79 Å². The maximum absolute atomic E-state index is 11.4. The Morgan fingerprint density at radius 3 is 2.47 bits per heavy atom. The van der Waals surface area contributed by atoms with Crippen molar-refractivity contribution in [3.63, 3.8) is 0 Å². The van der Waals surface area contributed by atoms with E-state index in [1.54, 1.807) is 0 Å². The molecule has 19 heavy (non-hydrogen) atoms. The molecule has 3 unspecified atom stereocenters. The van der Waals surface area contributed by atoms with Crippen LogP contribution in [0.15, 0.2) is 0 Å². The van der Waals surface area contributed by atoms with Crippen molar-refractivity contribution in [2.24, 2.45) is 17.6 Å². The van der Waals surface area contributed by atoms with Crippen molar-refractivity contribution in [1.82, 2.24) is 10.2 Å². The lowest BCUT2D eigenvalue weighted by molar-refractivity contribution is -0.123. The Balaban J connectivity index is 1.63. The van der Waals surface area contributed by atoms with E-state index in [4.69, 9.17) is 5.73 Å². The average Bonchev–Trinajstić information content (AvgIpc) is 2.94. The van der Waals surface area contributed by atoms with Crippen molar-refractivity contribution in [3.8, 4) is 0 Å². The average molecular weight is 267 g/mol. The third kappa shape index (κ3) is 3.48. The highest BCUT2D eigenvalue weighted by Crippen LogP contribution is 2.37. The van der Waals surface area contributed by atoms with E-state index >= 15 is 0 Å². The number of primary amides is 1. The van der Waals surface area contributed by atoms with Gasteiger partial charge in [0.25, 0.3) is 0 Å². The monoisotopic (exact) mass is 267 g/mol. The molecule has 0 bridgehead atoms. The summed E-state index contributed by atoms with van der Waals surface area (Å²) < 4.78 is 0. The Morgan fingerprint density at radius 1 is 1.32 bits per heavy atom. The molecule has 1 saturated heterocycles. The minimum Gasteiger partial charge on any atom is -0.368 e. The van der Waals surface area contributed by atoms with E-state index in [1.165, 1.54) is 45.3 Å². The molecule has 2 aliphatic rings. The quantitative estimate of drug-likeness (QED) is 0.685. The first-order valence-electron chi connectivity index (χ1n) is 7.76. The summed E-state index contributed by atoms with van der Waals surface area (Å²) in [5.41, 5.74) is 4.90. The fraction of sp³-hybridized carbons (Fsp3) is 0.933. The summed E-state index contributed by atoms with van der Waals surface area (Å²) >= 11 is 0. The van der Waals surface area contributed by atoms with Crippen LogP contribution < -0.4 is 11.1 Å². The van der Waals surface area contributed by atoms with Gasteiger partial charge in [0, 0.05) is 13.1 Å². The number of nitrogens with one attached hydrogen (secondary N) is 1. The second-order valence-corrected chi connectivity index (χ2v) is 6.61. The highest BCUT2D eigenvalue weighted by atomic mass is 16.1. The van der Waals surface area contributed by atoms with Gasteiger partial charge in [-0.1, -0.05) is 6.42 Å². The van der Waals surface area contributed by atoms with E-state index in [0.717, 1.165) is 24.7 Å². The molecule has 0 aromatic rings. The van der Waals surface area contributed by atoms with Crippen molar-refractivity contribution in [2.75, 3.05) is 26.7 Å². The van der Waals surface area contributed by atoms with Crippen molar-refractivity contribution >= 4 is 5.91 Å². The molecule has 0 spiro atoms. The van der Waals surface area contributed by atoms with E-state index in [1.807, 2.05) is 14.0 Å². The lowest BCUT2D eigenvalue weighted by atomic mass is 9.94. The largest absolute Gasteiger partial charge is 0.368 e. The summed E-state index contributed by atoms with van der Waals surface area (Å²) in [5.74, 6) is 1.71. The minimum absolute atomic E-state index is 0.245. The van der Waals surface area contributed by atoms with Crippen LogP contribution >= 0.6 is 0 Å². The third-order valence-electron chi connectivity index (χ3n) is 5.30. The minimum atomic E-state index is -0.540. The Labute approximate surface area is 117 Å². The summed E-state index contributed by atoms with van der Waals surface area (Å²) in [6.07, 6.45) is 7.40. The molecular formula is C15H29N3O. The molecule has 1 heterocycles. The molecule has 1 aliphatic carbocycles. The van der Waals surface area contributed by atoms with Crippen LogP contribution in [0.3, 0.4) is 0 Å². The van der Waals surface area contributed by atoms with Crippen LogP contribution in [0.4, 0.5) is 0 Å². The molecule has 1 amide bonds. The molecule has 3 N–H and O–H groups in total. The molecule has 0 aromatic heterocycles. The molecule has 3 atom stereocenters. The standard InChI is InChI=1S/C15H29N3O/c1-15(17-2,14(16)19)8-3-4-9-18-10-12-6-5-7-13(12)11-18/h12-13,17H,3-11H2,1-2H3,(H2,16,19). The zero-order valence-corrected chi connectivity index (χ0v) is 12.5. The number of amides is 1. The van der Waals surface area contributed by atoms with E-state index < -0.39 is 5.54 Å². The number of likely N-dealkylation sites (tertiary alicyclic amines) is 1. The highest BCUT2D eigenvalue weighted by molar-refractivity contribution is 5.84. The summed E-state index contributed by atoms with van der Waals surface area (Å²) in [6.45, 7) is 5.70. The van der Waals surface area contributed by atoms with Crippen molar-refractivity contribution < 1.29 is 4.79 Å². The van der Waals surface area contributed by atoms with Gasteiger partial charge in [0.1, 0.15) is 0 Å². The van der Waals surface area contributed by atoms with E-state index in [0.29, 0.717) is 0 Å². The van der Waals surface area contributed by atoms with E-state index in [2.05, 4.69) is 10.2 Å². The number of carbonyl (C=O) groups is 1. The number of hydrogen-bond acceptors (Lipinski definition) is 3. The van der Waals surface area contributed by atoms with Crippen LogP contribution in [0, 0.1) is 11.8 Å². The van der Waals surface area contributed by atoms with Gasteiger partial charge in [0.15, 0.2) is 0 Å². The molecular weight excluding hydrogens is 238 g/mol. The Hall–Kier alpha value is -0.610. The van der Waals surface area contributed by atoms with Crippen LogP contribution in [0.25, 0.3) is 0 Å². The summed E-state index contributed by atoms with van der Waals surface area (Å²) in [6, 6.07) is 0. The number of fused-ring (bicyclic) bond motifs is 1. The summed E-state index contributed by atoms with van der Waals surface area (Å²) in [5, 5.41) is 3.05. The number of rotatable bonds is 7. The van der Waals surface area contributed by atoms with Crippen molar-refractivity contribution in [2.45, 2.75) is 51.0 Å². The van der Waals surface area contributed by atoms with Gasteiger partial charge in [0.2, 0.25) is 5.91 Å². The van der Waals surface area contributed by atoms with Crippen LogP contribution in [0.5, 0.6) is 0 Å². The fourth-order valence-electron chi connectivity index (χ4n) is 3.70. The molecule has 2 rings (SSSR count). The number of carbonyl (C=O) groups excluding carboxylic acids is 1. The van der Waals surface area contributed by atoms with E-state index in [-0.39, 0.29) is 5.91 Å². The topological polar surface area (TPSA) is 58.4 Å². The molecule has 4 nitrogen and oxygen atoms in total. The van der Waals surface area contributed by atoms with Gasteiger partial charge in [-0.15, -0.1) is 0 Å². The first kappa shape index (κ1) is 14.8. The van der Waals surface area contributed by atoms with Crippen LogP contribution in [-0.4, -0.2) is 43.0 Å². The maximum Gasteiger partial charge on any atom is 0.237 e. The van der Waals surface area contributed by atoms with Gasteiger partial charge < -0.3 is 16.0 Å². The predicted molar refractivity (Wildman–Crippen MR) is 77.8 cm³/mol. The second-order valence-electron chi connectivity index (χ2n) is 6.61. The fourth-order valence-corrected chi connectivity index (χ4v) is 3.70. The molecule has 4 heteroatoms.